The fourth-order valence-electron chi connectivity index (χ4n) is 4.31. The molecule has 2 aromatic carbocycles. The van der Waals surface area contributed by atoms with Gasteiger partial charge in [-0.1, -0.05) is 12.1 Å². The van der Waals surface area contributed by atoms with Gasteiger partial charge in [-0.2, -0.15) is 0 Å². The van der Waals surface area contributed by atoms with Crippen molar-refractivity contribution < 1.29 is 31.5 Å². The number of hydrogen-bond acceptors (Lipinski definition) is 5. The lowest BCUT2D eigenvalue weighted by molar-refractivity contribution is 0.0260. The van der Waals surface area contributed by atoms with Crippen molar-refractivity contribution in [3.05, 3.63) is 48.0 Å². The van der Waals surface area contributed by atoms with E-state index in [1.807, 2.05) is 20.8 Å². The first-order valence-electron chi connectivity index (χ1n) is 10.7. The minimum Gasteiger partial charge on any atom is -0.487 e. The third kappa shape index (κ3) is 5.13. The number of halogens is 2. The molecule has 0 bridgehead atoms. The van der Waals surface area contributed by atoms with E-state index in [4.69, 9.17) is 9.47 Å². The van der Waals surface area contributed by atoms with Crippen molar-refractivity contribution in [1.82, 2.24) is 4.90 Å². The van der Waals surface area contributed by atoms with Gasteiger partial charge in [0, 0.05) is 25.3 Å². The molecule has 1 aliphatic heterocycles. The number of hydrogen-bond donors (Lipinski definition) is 0. The molecule has 2 unspecified atom stereocenters. The van der Waals surface area contributed by atoms with Crippen LogP contribution in [0, 0.1) is 29.4 Å². The van der Waals surface area contributed by atoms with Gasteiger partial charge >= 0.3 is 6.09 Å². The summed E-state index contributed by atoms with van der Waals surface area (Å²) in [4.78, 5) is 14.0. The minimum atomic E-state index is -3.35. The molecular formula is C24H27F2NO5S. The fourth-order valence-corrected chi connectivity index (χ4v) is 4.94. The molecule has 9 heteroatoms. The fraction of sp³-hybridized carbons (Fsp3) is 0.458. The molecule has 6 nitrogen and oxygen atoms in total. The first kappa shape index (κ1) is 23.5. The number of amides is 1. The van der Waals surface area contributed by atoms with Gasteiger partial charge in [0.1, 0.15) is 5.60 Å². The number of piperidine rings is 1. The van der Waals surface area contributed by atoms with E-state index in [1.165, 1.54) is 36.4 Å². The van der Waals surface area contributed by atoms with E-state index < -0.39 is 32.8 Å². The van der Waals surface area contributed by atoms with Crippen molar-refractivity contribution in [2.75, 3.05) is 26.0 Å². The number of carbonyl (C=O) groups is 1. The Morgan fingerprint density at radius 2 is 1.58 bits per heavy atom. The summed E-state index contributed by atoms with van der Waals surface area (Å²) in [5.41, 5.74) is 0.225. The Morgan fingerprint density at radius 1 is 1.03 bits per heavy atom. The maximum atomic E-state index is 14.6. The monoisotopic (exact) mass is 479 g/mol. The van der Waals surface area contributed by atoms with Crippen LogP contribution in [0.5, 0.6) is 5.75 Å². The largest absolute Gasteiger partial charge is 0.487 e. The molecule has 1 saturated carbocycles. The lowest BCUT2D eigenvalue weighted by Crippen LogP contribution is -2.37. The van der Waals surface area contributed by atoms with Crippen LogP contribution in [-0.2, 0) is 14.6 Å². The minimum absolute atomic E-state index is 0.132. The molecule has 0 spiro atoms. The second kappa shape index (κ2) is 8.27. The Bertz CT molecular complexity index is 1140. The third-order valence-corrected chi connectivity index (χ3v) is 7.19. The Hall–Kier alpha value is -2.68. The summed E-state index contributed by atoms with van der Waals surface area (Å²) in [6, 6.07) is 8.16. The summed E-state index contributed by atoms with van der Waals surface area (Å²) in [7, 11) is -3.35. The highest BCUT2D eigenvalue weighted by molar-refractivity contribution is 7.90. The summed E-state index contributed by atoms with van der Waals surface area (Å²) < 4.78 is 63.3. The zero-order valence-corrected chi connectivity index (χ0v) is 19.8. The van der Waals surface area contributed by atoms with E-state index in [1.54, 1.807) is 4.90 Å². The van der Waals surface area contributed by atoms with E-state index in [0.717, 1.165) is 6.26 Å². The van der Waals surface area contributed by atoms with Gasteiger partial charge in [-0.3, -0.25) is 0 Å². The molecule has 0 aromatic heterocycles. The number of sulfone groups is 1. The summed E-state index contributed by atoms with van der Waals surface area (Å²) in [5.74, 6) is -1.43. The highest BCUT2D eigenvalue weighted by Crippen LogP contribution is 2.52. The maximum Gasteiger partial charge on any atom is 0.410 e. The SMILES string of the molecule is CC(C)(C)OC(=O)N1CC2C(COc3c(F)cc(-c4ccc(S(C)(=O)=O)cc4)cc3F)C2C1. The zero-order chi connectivity index (χ0) is 24.1. The molecule has 2 aromatic rings. The van der Waals surface area contributed by atoms with Gasteiger partial charge in [0.25, 0.3) is 0 Å². The van der Waals surface area contributed by atoms with Crippen LogP contribution in [-0.4, -0.2) is 51.0 Å². The summed E-state index contributed by atoms with van der Waals surface area (Å²) in [6.45, 7) is 6.74. The van der Waals surface area contributed by atoms with Gasteiger partial charge in [-0.15, -0.1) is 0 Å². The van der Waals surface area contributed by atoms with Crippen molar-refractivity contribution in [1.29, 1.82) is 0 Å². The molecule has 2 atom stereocenters. The standard InChI is InChI=1S/C24H27F2NO5S/c1-24(2,3)32-23(28)27-11-17-18(12-27)19(17)13-31-22-20(25)9-15(10-21(22)26)14-5-7-16(8-6-14)33(4,29)30/h5-10,17-19H,11-13H2,1-4H3. The van der Waals surface area contributed by atoms with Gasteiger partial charge < -0.3 is 14.4 Å². The van der Waals surface area contributed by atoms with Gasteiger partial charge in [0.15, 0.2) is 27.2 Å². The Kier molecular flexibility index (Phi) is 5.88. The Morgan fingerprint density at radius 3 is 2.06 bits per heavy atom. The average Bonchev–Trinajstić information content (AvgIpc) is 3.14. The van der Waals surface area contributed by atoms with Crippen LogP contribution in [0.1, 0.15) is 20.8 Å². The molecule has 2 fully saturated rings. The number of ether oxygens (including phenoxy) is 2. The molecule has 2 aliphatic rings. The van der Waals surface area contributed by atoms with Crippen molar-refractivity contribution >= 4 is 15.9 Å². The molecule has 178 valence electrons. The van der Waals surface area contributed by atoms with Gasteiger partial charge in [0.2, 0.25) is 0 Å². The van der Waals surface area contributed by atoms with E-state index in [9.17, 15) is 22.0 Å². The second-order valence-electron chi connectivity index (χ2n) is 9.75. The number of likely N-dealkylation sites (tertiary alicyclic amines) is 1. The third-order valence-electron chi connectivity index (χ3n) is 6.06. The van der Waals surface area contributed by atoms with E-state index in [0.29, 0.717) is 18.7 Å². The van der Waals surface area contributed by atoms with Gasteiger partial charge in [-0.25, -0.2) is 22.0 Å². The van der Waals surface area contributed by atoms with Crippen LogP contribution in [0.25, 0.3) is 11.1 Å². The molecular weight excluding hydrogens is 452 g/mol. The molecule has 4 rings (SSSR count). The van der Waals surface area contributed by atoms with Crippen LogP contribution in [0.3, 0.4) is 0 Å². The lowest BCUT2D eigenvalue weighted by atomic mass is 10.1. The number of benzene rings is 2. The van der Waals surface area contributed by atoms with E-state index in [2.05, 4.69) is 0 Å². The summed E-state index contributed by atoms with van der Waals surface area (Å²) >= 11 is 0. The molecule has 0 N–H and O–H groups in total. The first-order chi connectivity index (χ1) is 15.3. The number of nitrogens with zero attached hydrogens (tertiary/aromatic N) is 1. The van der Waals surface area contributed by atoms with Gasteiger partial charge in [0.05, 0.1) is 11.5 Å². The molecule has 1 amide bonds. The molecule has 1 heterocycles. The molecule has 1 aliphatic carbocycles. The van der Waals surface area contributed by atoms with Gasteiger partial charge in [-0.05, 0) is 68.0 Å². The van der Waals surface area contributed by atoms with E-state index >= 15 is 0 Å². The summed E-state index contributed by atoms with van der Waals surface area (Å²) in [5, 5.41) is 0. The van der Waals surface area contributed by atoms with Crippen LogP contribution in [0.15, 0.2) is 41.3 Å². The lowest BCUT2D eigenvalue weighted by Gasteiger charge is -2.25. The predicted molar refractivity (Wildman–Crippen MR) is 119 cm³/mol. The quantitative estimate of drug-likeness (QED) is 0.630. The number of fused-ring (bicyclic) bond motifs is 1. The highest BCUT2D eigenvalue weighted by atomic mass is 32.2. The normalized spacial score (nSPS) is 22.1. The van der Waals surface area contributed by atoms with Crippen LogP contribution in [0.4, 0.5) is 13.6 Å². The van der Waals surface area contributed by atoms with Crippen molar-refractivity contribution in [2.24, 2.45) is 17.8 Å². The van der Waals surface area contributed by atoms with Crippen molar-refractivity contribution in [3.63, 3.8) is 0 Å². The zero-order valence-electron chi connectivity index (χ0n) is 19.0. The first-order valence-corrected chi connectivity index (χ1v) is 12.6. The molecule has 33 heavy (non-hydrogen) atoms. The number of rotatable bonds is 5. The smallest absolute Gasteiger partial charge is 0.410 e. The Balaban J connectivity index is 1.36. The molecule has 1 saturated heterocycles. The maximum absolute atomic E-state index is 14.6. The topological polar surface area (TPSA) is 72.9 Å². The second-order valence-corrected chi connectivity index (χ2v) is 11.8. The van der Waals surface area contributed by atoms with Crippen LogP contribution >= 0.6 is 0 Å². The van der Waals surface area contributed by atoms with Crippen molar-refractivity contribution in [2.45, 2.75) is 31.3 Å². The molecule has 0 radical (unpaired) electrons. The number of carbonyl (C=O) groups excluding carboxylic acids is 1. The highest BCUT2D eigenvalue weighted by Gasteiger charge is 2.57. The summed E-state index contributed by atoms with van der Waals surface area (Å²) in [6.07, 6.45) is 0.753. The van der Waals surface area contributed by atoms with Crippen LogP contribution < -0.4 is 4.74 Å². The Labute approximate surface area is 192 Å². The predicted octanol–water partition coefficient (Wildman–Crippen LogP) is 4.53. The van der Waals surface area contributed by atoms with Crippen molar-refractivity contribution in [3.8, 4) is 16.9 Å². The van der Waals surface area contributed by atoms with E-state index in [-0.39, 0.29) is 40.9 Å². The van der Waals surface area contributed by atoms with Crippen LogP contribution in [0.2, 0.25) is 0 Å². The average molecular weight is 480 g/mol.